The molecule has 8 heteroatoms. The number of benzene rings is 1. The van der Waals surface area contributed by atoms with Crippen molar-refractivity contribution in [2.75, 3.05) is 13.7 Å². The molecule has 8 nitrogen and oxygen atoms in total. The number of nitrogens with zero attached hydrogens (tertiary/aromatic N) is 2. The van der Waals surface area contributed by atoms with Crippen LogP contribution in [0.3, 0.4) is 0 Å². The van der Waals surface area contributed by atoms with E-state index in [0.717, 1.165) is 0 Å². The van der Waals surface area contributed by atoms with Crippen LogP contribution in [0.5, 0.6) is 5.75 Å². The highest BCUT2D eigenvalue weighted by Gasteiger charge is 2.23. The Balaban J connectivity index is 2.55. The monoisotopic (exact) mass is 291 g/mol. The molecule has 0 unspecified atom stereocenters. The molecule has 0 saturated heterocycles. The molecule has 0 bridgehead atoms. The van der Waals surface area contributed by atoms with Crippen LogP contribution < -0.4 is 4.74 Å². The molecule has 0 aliphatic rings. The first-order valence-corrected chi connectivity index (χ1v) is 6.08. The summed E-state index contributed by atoms with van der Waals surface area (Å²) in [6.45, 7) is 1.84. The predicted octanol–water partition coefficient (Wildman–Crippen LogP) is 1.36. The maximum absolute atomic E-state index is 11.8. The fraction of sp³-hybridized carbons (Fsp3) is 0.231. The lowest BCUT2D eigenvalue weighted by Crippen LogP contribution is -2.08. The number of carbonyl (C=O) groups excluding carboxylic acids is 1. The van der Waals surface area contributed by atoms with Gasteiger partial charge in [0.2, 0.25) is 0 Å². The van der Waals surface area contributed by atoms with Crippen LogP contribution in [0.2, 0.25) is 0 Å². The van der Waals surface area contributed by atoms with Crippen LogP contribution in [0.1, 0.15) is 27.8 Å². The number of rotatable bonds is 5. The summed E-state index contributed by atoms with van der Waals surface area (Å²) >= 11 is 0. The van der Waals surface area contributed by atoms with Crippen LogP contribution in [0.25, 0.3) is 11.3 Å². The average Bonchev–Trinajstić information content (AvgIpc) is 2.96. The van der Waals surface area contributed by atoms with Gasteiger partial charge in [-0.3, -0.25) is 0 Å². The minimum Gasteiger partial charge on any atom is -0.497 e. The van der Waals surface area contributed by atoms with Crippen LogP contribution in [0.4, 0.5) is 0 Å². The van der Waals surface area contributed by atoms with Gasteiger partial charge in [-0.2, -0.15) is 10.3 Å². The van der Waals surface area contributed by atoms with E-state index in [4.69, 9.17) is 9.47 Å². The molecule has 110 valence electrons. The molecule has 0 atom stereocenters. The van der Waals surface area contributed by atoms with Gasteiger partial charge < -0.3 is 14.6 Å². The fourth-order valence-electron chi connectivity index (χ4n) is 1.79. The Morgan fingerprint density at radius 3 is 2.71 bits per heavy atom. The minimum absolute atomic E-state index is 0.0474. The zero-order valence-electron chi connectivity index (χ0n) is 11.4. The second-order valence-electron chi connectivity index (χ2n) is 3.96. The molecule has 0 fully saturated rings. The Morgan fingerprint density at radius 2 is 2.10 bits per heavy atom. The van der Waals surface area contributed by atoms with E-state index in [2.05, 4.69) is 15.4 Å². The smallest absolute Gasteiger partial charge is 0.361 e. The SMILES string of the molecule is CCOC(=O)c1n[nH]nc1-c1ccc(OC)cc1C(=O)O. The Kier molecular flexibility index (Phi) is 4.17. The standard InChI is InChI=1S/C13H13N3O5/c1-3-21-13(19)11-10(14-16-15-11)8-5-4-7(20-2)6-9(8)12(17)18/h4-6H,3H2,1-2H3,(H,17,18)(H,14,15,16). The molecule has 0 saturated carbocycles. The molecule has 2 aromatic rings. The van der Waals surface area contributed by atoms with Gasteiger partial charge in [0.25, 0.3) is 0 Å². The zero-order chi connectivity index (χ0) is 15.4. The van der Waals surface area contributed by atoms with Crippen molar-refractivity contribution < 1.29 is 24.2 Å². The molecule has 1 heterocycles. The van der Waals surface area contributed by atoms with Crippen molar-refractivity contribution >= 4 is 11.9 Å². The van der Waals surface area contributed by atoms with E-state index in [-0.39, 0.29) is 29.1 Å². The molecule has 21 heavy (non-hydrogen) atoms. The number of H-pyrrole nitrogens is 1. The second-order valence-corrected chi connectivity index (χ2v) is 3.96. The summed E-state index contributed by atoms with van der Waals surface area (Å²) in [4.78, 5) is 23.1. The van der Waals surface area contributed by atoms with E-state index in [1.54, 1.807) is 13.0 Å². The summed E-state index contributed by atoms with van der Waals surface area (Å²) in [5.74, 6) is -1.45. The van der Waals surface area contributed by atoms with Crippen LogP contribution in [0, 0.1) is 0 Å². The first-order chi connectivity index (χ1) is 10.1. The van der Waals surface area contributed by atoms with Gasteiger partial charge in [-0.25, -0.2) is 9.59 Å². The van der Waals surface area contributed by atoms with Gasteiger partial charge in [0, 0.05) is 5.56 Å². The van der Waals surface area contributed by atoms with Crippen molar-refractivity contribution in [2.45, 2.75) is 6.92 Å². The van der Waals surface area contributed by atoms with Crippen LogP contribution >= 0.6 is 0 Å². The number of hydrogen-bond acceptors (Lipinski definition) is 6. The Labute approximate surface area is 119 Å². The largest absolute Gasteiger partial charge is 0.497 e. The number of aromatic amines is 1. The van der Waals surface area contributed by atoms with Crippen LogP contribution in [-0.4, -0.2) is 46.2 Å². The Morgan fingerprint density at radius 1 is 1.33 bits per heavy atom. The lowest BCUT2D eigenvalue weighted by atomic mass is 10.0. The van der Waals surface area contributed by atoms with E-state index in [0.29, 0.717) is 5.75 Å². The van der Waals surface area contributed by atoms with Crippen molar-refractivity contribution in [1.82, 2.24) is 15.4 Å². The number of hydrogen-bond donors (Lipinski definition) is 2. The third-order valence-corrected chi connectivity index (χ3v) is 2.73. The predicted molar refractivity (Wildman–Crippen MR) is 71.3 cm³/mol. The summed E-state index contributed by atoms with van der Waals surface area (Å²) < 4.78 is 9.85. The highest BCUT2D eigenvalue weighted by Crippen LogP contribution is 2.28. The highest BCUT2D eigenvalue weighted by atomic mass is 16.5. The molecular weight excluding hydrogens is 278 g/mol. The van der Waals surface area contributed by atoms with Crippen molar-refractivity contribution in [3.63, 3.8) is 0 Å². The van der Waals surface area contributed by atoms with Crippen molar-refractivity contribution in [2.24, 2.45) is 0 Å². The minimum atomic E-state index is -1.17. The van der Waals surface area contributed by atoms with Gasteiger partial charge in [0.1, 0.15) is 11.4 Å². The number of ether oxygens (including phenoxy) is 2. The average molecular weight is 291 g/mol. The molecule has 0 amide bonds. The number of aromatic carboxylic acids is 1. The van der Waals surface area contributed by atoms with E-state index in [1.165, 1.54) is 19.2 Å². The summed E-state index contributed by atoms with van der Waals surface area (Å²) in [5.41, 5.74) is 0.256. The second kappa shape index (κ2) is 6.04. The Hall–Kier alpha value is -2.90. The Bertz CT molecular complexity index is 680. The van der Waals surface area contributed by atoms with Crippen molar-refractivity contribution in [3.8, 4) is 17.0 Å². The normalized spacial score (nSPS) is 10.2. The van der Waals surface area contributed by atoms with Gasteiger partial charge in [-0.05, 0) is 25.1 Å². The highest BCUT2D eigenvalue weighted by molar-refractivity contribution is 6.00. The van der Waals surface area contributed by atoms with E-state index in [1.807, 2.05) is 0 Å². The number of esters is 1. The molecule has 0 spiro atoms. The van der Waals surface area contributed by atoms with Crippen LogP contribution in [-0.2, 0) is 4.74 Å². The molecule has 1 aromatic carbocycles. The quantitative estimate of drug-likeness (QED) is 0.799. The molecule has 2 rings (SSSR count). The third-order valence-electron chi connectivity index (χ3n) is 2.73. The number of carboxylic acids is 1. The molecule has 1 aromatic heterocycles. The number of carboxylic acid groups (broad SMARTS) is 1. The van der Waals surface area contributed by atoms with Crippen molar-refractivity contribution in [1.29, 1.82) is 0 Å². The molecule has 0 radical (unpaired) electrons. The van der Waals surface area contributed by atoms with Gasteiger partial charge in [-0.1, -0.05) is 0 Å². The number of methoxy groups -OCH3 is 1. The maximum atomic E-state index is 11.8. The molecular formula is C13H13N3O5. The summed E-state index contributed by atoms with van der Waals surface area (Å²) in [7, 11) is 1.43. The summed E-state index contributed by atoms with van der Waals surface area (Å²) in [6, 6.07) is 4.43. The summed E-state index contributed by atoms with van der Waals surface area (Å²) in [6.07, 6.45) is 0. The van der Waals surface area contributed by atoms with Gasteiger partial charge >= 0.3 is 11.9 Å². The molecule has 0 aliphatic heterocycles. The van der Waals surface area contributed by atoms with Gasteiger partial charge in [-0.15, -0.1) is 5.10 Å². The maximum Gasteiger partial charge on any atom is 0.361 e. The van der Waals surface area contributed by atoms with E-state index >= 15 is 0 Å². The fourth-order valence-corrected chi connectivity index (χ4v) is 1.79. The van der Waals surface area contributed by atoms with Crippen LogP contribution in [0.15, 0.2) is 18.2 Å². The van der Waals surface area contributed by atoms with Gasteiger partial charge in [0.05, 0.1) is 19.3 Å². The number of carbonyl (C=O) groups is 2. The lowest BCUT2D eigenvalue weighted by molar-refractivity contribution is 0.0519. The molecule has 0 aliphatic carbocycles. The first-order valence-electron chi connectivity index (χ1n) is 6.08. The topological polar surface area (TPSA) is 114 Å². The van der Waals surface area contributed by atoms with E-state index in [9.17, 15) is 14.7 Å². The first kappa shape index (κ1) is 14.5. The number of aromatic nitrogens is 3. The lowest BCUT2D eigenvalue weighted by Gasteiger charge is -2.07. The van der Waals surface area contributed by atoms with Gasteiger partial charge in [0.15, 0.2) is 5.69 Å². The van der Waals surface area contributed by atoms with E-state index < -0.39 is 11.9 Å². The third kappa shape index (κ3) is 2.83. The zero-order valence-corrected chi connectivity index (χ0v) is 11.4. The number of nitrogens with one attached hydrogen (secondary N) is 1. The van der Waals surface area contributed by atoms with Crippen molar-refractivity contribution in [3.05, 3.63) is 29.5 Å². The molecule has 2 N–H and O–H groups in total. The summed E-state index contributed by atoms with van der Waals surface area (Å²) in [5, 5.41) is 19.2.